The van der Waals surface area contributed by atoms with E-state index in [-0.39, 0.29) is 11.9 Å². The lowest BCUT2D eigenvalue weighted by Crippen LogP contribution is -2.12. The average molecular weight is 388 g/mol. The highest BCUT2D eigenvalue weighted by molar-refractivity contribution is 6.31. The molecule has 9 heteroatoms. The standard InChI is InChI=1S/C18H19ClFN7/c1-9(13-6-5-12(20)7-14(13)19)21-17-22-10(2)23-18(25-17)24-16-8-15(26-27-16)11-3-4-11/h5-9,11H,3-4H2,1-2H3,(H3,21,22,23,24,25,26,27). The lowest BCUT2D eigenvalue weighted by atomic mass is 10.1. The number of nitrogens with one attached hydrogen (secondary N) is 3. The Morgan fingerprint density at radius 3 is 2.70 bits per heavy atom. The molecule has 3 aromatic rings. The van der Waals surface area contributed by atoms with Crippen LogP contribution < -0.4 is 10.6 Å². The minimum absolute atomic E-state index is 0.209. The van der Waals surface area contributed by atoms with Crippen LogP contribution in [0.1, 0.15) is 48.8 Å². The molecular formula is C18H19ClFN7. The van der Waals surface area contributed by atoms with Crippen LogP contribution in [0.25, 0.3) is 0 Å². The number of hydrogen-bond donors (Lipinski definition) is 3. The summed E-state index contributed by atoms with van der Waals surface area (Å²) in [7, 11) is 0. The lowest BCUT2D eigenvalue weighted by Gasteiger charge is -2.16. The van der Waals surface area contributed by atoms with Crippen LogP contribution in [0.3, 0.4) is 0 Å². The molecule has 3 N–H and O–H groups in total. The lowest BCUT2D eigenvalue weighted by molar-refractivity contribution is 0.626. The van der Waals surface area contributed by atoms with E-state index in [1.54, 1.807) is 13.0 Å². The first-order chi connectivity index (χ1) is 13.0. The maximum atomic E-state index is 13.3. The van der Waals surface area contributed by atoms with E-state index in [1.165, 1.54) is 25.0 Å². The Bertz CT molecular complexity index is 970. The van der Waals surface area contributed by atoms with E-state index in [9.17, 15) is 4.39 Å². The van der Waals surface area contributed by atoms with Crippen LogP contribution in [0.4, 0.5) is 22.1 Å². The summed E-state index contributed by atoms with van der Waals surface area (Å²) in [6.07, 6.45) is 2.40. The van der Waals surface area contributed by atoms with Gasteiger partial charge in [-0.05, 0) is 44.4 Å². The van der Waals surface area contributed by atoms with E-state index in [0.717, 1.165) is 11.3 Å². The van der Waals surface area contributed by atoms with E-state index in [1.807, 2.05) is 13.0 Å². The quantitative estimate of drug-likeness (QED) is 0.577. The monoisotopic (exact) mass is 387 g/mol. The maximum Gasteiger partial charge on any atom is 0.233 e. The van der Waals surface area contributed by atoms with Gasteiger partial charge in [0.15, 0.2) is 5.82 Å². The maximum absolute atomic E-state index is 13.3. The van der Waals surface area contributed by atoms with Crippen molar-refractivity contribution in [3.8, 4) is 0 Å². The van der Waals surface area contributed by atoms with Gasteiger partial charge in [-0.3, -0.25) is 5.10 Å². The summed E-state index contributed by atoms with van der Waals surface area (Å²) < 4.78 is 13.3. The Labute approximate surface area is 160 Å². The number of benzene rings is 1. The molecule has 0 saturated heterocycles. The van der Waals surface area contributed by atoms with Crippen molar-refractivity contribution >= 4 is 29.3 Å². The molecule has 2 heterocycles. The molecule has 4 rings (SSSR count). The first kappa shape index (κ1) is 17.7. The van der Waals surface area contributed by atoms with Crippen LogP contribution >= 0.6 is 11.6 Å². The molecule has 1 aliphatic carbocycles. The van der Waals surface area contributed by atoms with E-state index < -0.39 is 0 Å². The van der Waals surface area contributed by atoms with Gasteiger partial charge in [-0.2, -0.15) is 20.1 Å². The first-order valence-corrected chi connectivity index (χ1v) is 9.12. The first-order valence-electron chi connectivity index (χ1n) is 8.74. The van der Waals surface area contributed by atoms with Crippen molar-refractivity contribution in [3.05, 3.63) is 52.2 Å². The molecule has 0 bridgehead atoms. The van der Waals surface area contributed by atoms with Gasteiger partial charge in [0, 0.05) is 22.7 Å². The summed E-state index contributed by atoms with van der Waals surface area (Å²) in [5.74, 6) is 2.25. The van der Waals surface area contributed by atoms with Crippen LogP contribution in [0.5, 0.6) is 0 Å². The van der Waals surface area contributed by atoms with Crippen LogP contribution in [0, 0.1) is 12.7 Å². The number of aryl methyl sites for hydroxylation is 1. The average Bonchev–Trinajstić information content (AvgIpc) is 3.34. The number of hydrogen-bond acceptors (Lipinski definition) is 6. The van der Waals surface area contributed by atoms with Gasteiger partial charge >= 0.3 is 0 Å². The number of aromatic amines is 1. The Morgan fingerprint density at radius 1 is 1.19 bits per heavy atom. The Morgan fingerprint density at radius 2 is 1.96 bits per heavy atom. The Kier molecular flexibility index (Phi) is 4.65. The van der Waals surface area contributed by atoms with Gasteiger partial charge in [0.05, 0.1) is 6.04 Å². The topological polar surface area (TPSA) is 91.4 Å². The zero-order valence-corrected chi connectivity index (χ0v) is 15.7. The SMILES string of the molecule is Cc1nc(Nc2cc(C3CC3)[nH]n2)nc(NC(C)c2ccc(F)cc2Cl)n1. The zero-order chi connectivity index (χ0) is 19.0. The van der Waals surface area contributed by atoms with Gasteiger partial charge in [-0.15, -0.1) is 0 Å². The molecule has 1 atom stereocenters. The number of halogens is 2. The summed E-state index contributed by atoms with van der Waals surface area (Å²) in [6.45, 7) is 3.69. The van der Waals surface area contributed by atoms with Crippen LogP contribution in [-0.4, -0.2) is 25.1 Å². The summed E-state index contributed by atoms with van der Waals surface area (Å²) in [6, 6.07) is 6.08. The molecule has 1 aliphatic rings. The third-order valence-corrected chi connectivity index (χ3v) is 4.70. The predicted octanol–water partition coefficient (Wildman–Crippen LogP) is 4.49. The molecule has 0 amide bonds. The highest BCUT2D eigenvalue weighted by atomic mass is 35.5. The van der Waals surface area contributed by atoms with Gasteiger partial charge in [0.2, 0.25) is 11.9 Å². The molecule has 1 saturated carbocycles. The highest BCUT2D eigenvalue weighted by Gasteiger charge is 2.25. The molecule has 1 unspecified atom stereocenters. The van der Waals surface area contributed by atoms with Crippen LogP contribution in [-0.2, 0) is 0 Å². The second kappa shape index (κ2) is 7.11. The second-order valence-electron chi connectivity index (χ2n) is 6.67. The smallest absolute Gasteiger partial charge is 0.233 e. The molecule has 0 radical (unpaired) electrons. The number of aromatic nitrogens is 5. The van der Waals surface area contributed by atoms with Gasteiger partial charge < -0.3 is 10.6 Å². The summed E-state index contributed by atoms with van der Waals surface area (Å²) >= 11 is 6.14. The Balaban J connectivity index is 1.50. The minimum atomic E-state index is -0.372. The molecule has 0 aliphatic heterocycles. The van der Waals surface area contributed by atoms with Crippen molar-refractivity contribution in [1.82, 2.24) is 25.1 Å². The molecule has 2 aromatic heterocycles. The number of rotatable bonds is 6. The van der Waals surface area contributed by atoms with Gasteiger partial charge in [-0.1, -0.05) is 17.7 Å². The largest absolute Gasteiger partial charge is 0.347 e. The fraction of sp³-hybridized carbons (Fsp3) is 0.333. The van der Waals surface area contributed by atoms with Crippen LogP contribution in [0.15, 0.2) is 24.3 Å². The van der Waals surface area contributed by atoms with E-state index >= 15 is 0 Å². The van der Waals surface area contributed by atoms with Gasteiger partial charge in [-0.25, -0.2) is 4.39 Å². The summed E-state index contributed by atoms with van der Waals surface area (Å²) in [5, 5.41) is 13.9. The predicted molar refractivity (Wildman–Crippen MR) is 102 cm³/mol. The highest BCUT2D eigenvalue weighted by Crippen LogP contribution is 2.39. The fourth-order valence-electron chi connectivity index (χ4n) is 2.85. The van der Waals surface area contributed by atoms with Crippen molar-refractivity contribution in [1.29, 1.82) is 0 Å². The molecule has 27 heavy (non-hydrogen) atoms. The number of nitrogens with zero attached hydrogens (tertiary/aromatic N) is 4. The molecule has 1 aromatic carbocycles. The molecule has 7 nitrogen and oxygen atoms in total. The van der Waals surface area contributed by atoms with Crippen molar-refractivity contribution in [3.63, 3.8) is 0 Å². The van der Waals surface area contributed by atoms with E-state index in [2.05, 4.69) is 35.8 Å². The second-order valence-corrected chi connectivity index (χ2v) is 7.08. The van der Waals surface area contributed by atoms with E-state index in [4.69, 9.17) is 11.6 Å². The molecule has 0 spiro atoms. The third-order valence-electron chi connectivity index (χ3n) is 4.38. The molecular weight excluding hydrogens is 369 g/mol. The van der Waals surface area contributed by atoms with Gasteiger partial charge in [0.1, 0.15) is 11.6 Å². The normalized spacial score (nSPS) is 14.8. The number of anilines is 3. The molecule has 140 valence electrons. The van der Waals surface area contributed by atoms with Crippen molar-refractivity contribution in [2.24, 2.45) is 0 Å². The zero-order valence-electron chi connectivity index (χ0n) is 14.9. The summed E-state index contributed by atoms with van der Waals surface area (Å²) in [5.41, 5.74) is 1.88. The van der Waals surface area contributed by atoms with Crippen molar-refractivity contribution in [2.45, 2.75) is 38.6 Å². The van der Waals surface area contributed by atoms with Crippen LogP contribution in [0.2, 0.25) is 5.02 Å². The fourth-order valence-corrected chi connectivity index (χ4v) is 3.18. The van der Waals surface area contributed by atoms with Crippen molar-refractivity contribution in [2.75, 3.05) is 10.6 Å². The number of H-pyrrole nitrogens is 1. The van der Waals surface area contributed by atoms with Crippen molar-refractivity contribution < 1.29 is 4.39 Å². The molecule has 1 fully saturated rings. The van der Waals surface area contributed by atoms with Gasteiger partial charge in [0.25, 0.3) is 0 Å². The minimum Gasteiger partial charge on any atom is -0.347 e. The summed E-state index contributed by atoms with van der Waals surface area (Å²) in [4.78, 5) is 13.0. The van der Waals surface area contributed by atoms with E-state index in [0.29, 0.717) is 34.5 Å². The Hall–Kier alpha value is -2.74. The third kappa shape index (κ3) is 4.16.